The second-order valence-electron chi connectivity index (χ2n) is 8.18. The first kappa shape index (κ1) is 25.3. The van der Waals surface area contributed by atoms with Gasteiger partial charge >= 0.3 is 0 Å². The smallest absolute Gasteiger partial charge is 0.256 e. The van der Waals surface area contributed by atoms with Gasteiger partial charge in [0, 0.05) is 33.4 Å². The third kappa shape index (κ3) is 6.38. The minimum Gasteiger partial charge on any atom is -0.385 e. The molecule has 7 nitrogen and oxygen atoms in total. The van der Waals surface area contributed by atoms with Crippen LogP contribution in [0.4, 0.5) is 8.78 Å². The Kier molecular flexibility index (Phi) is 9.09. The highest BCUT2D eigenvalue weighted by atomic mass is 19.1. The zero-order valence-electron chi connectivity index (χ0n) is 19.1. The highest BCUT2D eigenvalue weighted by molar-refractivity contribution is 5.98. The van der Waals surface area contributed by atoms with Crippen molar-refractivity contribution in [2.75, 3.05) is 33.4 Å². The fourth-order valence-electron chi connectivity index (χ4n) is 4.04. The number of hydrogen-bond donors (Lipinski definition) is 2. The summed E-state index contributed by atoms with van der Waals surface area (Å²) in [5.74, 6) is -3.00. The topological polar surface area (TPSA) is 87.7 Å². The van der Waals surface area contributed by atoms with Crippen molar-refractivity contribution in [3.05, 3.63) is 71.3 Å². The Balaban J connectivity index is 1.68. The summed E-state index contributed by atoms with van der Waals surface area (Å²) in [5.41, 5.74) is -0.145. The van der Waals surface area contributed by atoms with E-state index in [-0.39, 0.29) is 23.0 Å². The highest BCUT2D eigenvalue weighted by Crippen LogP contribution is 2.24. The molecule has 1 fully saturated rings. The molecular formula is C25H29F2N3O4. The molecule has 2 aromatic carbocycles. The van der Waals surface area contributed by atoms with E-state index in [0.29, 0.717) is 45.5 Å². The zero-order valence-corrected chi connectivity index (χ0v) is 19.1. The molecule has 0 radical (unpaired) electrons. The first-order valence-electron chi connectivity index (χ1n) is 11.3. The number of carbonyl (C=O) groups is 3. The van der Waals surface area contributed by atoms with Gasteiger partial charge in [-0.3, -0.25) is 14.4 Å². The van der Waals surface area contributed by atoms with E-state index >= 15 is 0 Å². The van der Waals surface area contributed by atoms with Gasteiger partial charge in [-0.2, -0.15) is 0 Å². The van der Waals surface area contributed by atoms with E-state index in [4.69, 9.17) is 4.74 Å². The molecule has 0 spiro atoms. The molecule has 34 heavy (non-hydrogen) atoms. The predicted octanol–water partition coefficient (Wildman–Crippen LogP) is 2.77. The molecule has 2 N–H and O–H groups in total. The van der Waals surface area contributed by atoms with Gasteiger partial charge in [-0.15, -0.1) is 0 Å². The molecule has 3 rings (SSSR count). The van der Waals surface area contributed by atoms with Crippen molar-refractivity contribution in [2.24, 2.45) is 5.92 Å². The Morgan fingerprint density at radius 3 is 2.18 bits per heavy atom. The van der Waals surface area contributed by atoms with Crippen LogP contribution in [0.2, 0.25) is 0 Å². The Labute approximate surface area is 197 Å². The monoisotopic (exact) mass is 473 g/mol. The average molecular weight is 474 g/mol. The molecule has 2 aromatic rings. The van der Waals surface area contributed by atoms with Gasteiger partial charge in [-0.1, -0.05) is 24.3 Å². The summed E-state index contributed by atoms with van der Waals surface area (Å²) < 4.78 is 33.1. The summed E-state index contributed by atoms with van der Waals surface area (Å²) in [6, 6.07) is 10.5. The number of piperidine rings is 1. The number of nitrogens with zero attached hydrogens (tertiary/aromatic N) is 1. The molecule has 0 bridgehead atoms. The molecule has 9 heteroatoms. The third-order valence-corrected chi connectivity index (χ3v) is 5.91. The third-order valence-electron chi connectivity index (χ3n) is 5.91. The molecule has 1 atom stereocenters. The number of rotatable bonds is 9. The van der Waals surface area contributed by atoms with Crippen molar-refractivity contribution in [2.45, 2.75) is 25.3 Å². The van der Waals surface area contributed by atoms with Crippen molar-refractivity contribution < 1.29 is 27.9 Å². The van der Waals surface area contributed by atoms with Crippen LogP contribution in [0, 0.1) is 17.6 Å². The van der Waals surface area contributed by atoms with Gasteiger partial charge in [0.05, 0.1) is 11.1 Å². The number of carbonyl (C=O) groups excluding carboxylic acids is 3. The molecule has 1 aliphatic heterocycles. The SMILES string of the molecule is COCCCNC(=O)C(NC(=O)c1ccccc1F)C1CCN(C(=O)c2ccccc2F)CC1. The second-order valence-corrected chi connectivity index (χ2v) is 8.18. The van der Waals surface area contributed by atoms with E-state index in [9.17, 15) is 23.2 Å². The average Bonchev–Trinajstić information content (AvgIpc) is 2.85. The van der Waals surface area contributed by atoms with Crippen LogP contribution in [0.1, 0.15) is 40.0 Å². The van der Waals surface area contributed by atoms with Crippen LogP contribution in [0.15, 0.2) is 48.5 Å². The molecule has 3 amide bonds. The van der Waals surface area contributed by atoms with Gasteiger partial charge in [0.25, 0.3) is 11.8 Å². The highest BCUT2D eigenvalue weighted by Gasteiger charge is 2.34. The fourth-order valence-corrected chi connectivity index (χ4v) is 4.04. The number of nitrogens with one attached hydrogen (secondary N) is 2. The lowest BCUT2D eigenvalue weighted by atomic mass is 9.88. The molecule has 0 aromatic heterocycles. The van der Waals surface area contributed by atoms with E-state index < -0.39 is 29.5 Å². The maximum absolute atomic E-state index is 14.1. The van der Waals surface area contributed by atoms with E-state index in [1.54, 1.807) is 24.1 Å². The van der Waals surface area contributed by atoms with Crippen LogP contribution in [0.5, 0.6) is 0 Å². The van der Waals surface area contributed by atoms with Crippen LogP contribution in [0.25, 0.3) is 0 Å². The summed E-state index contributed by atoms with van der Waals surface area (Å²) in [4.78, 5) is 39.9. The number of amides is 3. The predicted molar refractivity (Wildman–Crippen MR) is 122 cm³/mol. The summed E-state index contributed by atoms with van der Waals surface area (Å²) in [6.07, 6.45) is 1.45. The van der Waals surface area contributed by atoms with Crippen LogP contribution in [0.3, 0.4) is 0 Å². The Morgan fingerprint density at radius 1 is 1.00 bits per heavy atom. The van der Waals surface area contributed by atoms with Crippen LogP contribution >= 0.6 is 0 Å². The normalized spacial score (nSPS) is 15.0. The summed E-state index contributed by atoms with van der Waals surface area (Å²) in [5, 5.41) is 5.48. The summed E-state index contributed by atoms with van der Waals surface area (Å²) >= 11 is 0. The van der Waals surface area contributed by atoms with Crippen molar-refractivity contribution >= 4 is 17.7 Å². The minimum atomic E-state index is -0.902. The first-order chi connectivity index (χ1) is 16.4. The van der Waals surface area contributed by atoms with Gasteiger partial charge in [0.2, 0.25) is 5.91 Å². The summed E-state index contributed by atoms with van der Waals surface area (Å²) in [6.45, 7) is 1.45. The van der Waals surface area contributed by atoms with Crippen molar-refractivity contribution in [3.8, 4) is 0 Å². The number of methoxy groups -OCH3 is 1. The quantitative estimate of drug-likeness (QED) is 0.549. The van der Waals surface area contributed by atoms with E-state index in [1.165, 1.54) is 36.4 Å². The van der Waals surface area contributed by atoms with Crippen molar-refractivity contribution in [3.63, 3.8) is 0 Å². The largest absolute Gasteiger partial charge is 0.385 e. The lowest BCUT2D eigenvalue weighted by Gasteiger charge is -2.36. The molecule has 1 saturated heterocycles. The minimum absolute atomic E-state index is 0.00115. The molecule has 0 aliphatic carbocycles. The number of hydrogen-bond acceptors (Lipinski definition) is 4. The Hall–Kier alpha value is -3.33. The van der Waals surface area contributed by atoms with Crippen molar-refractivity contribution in [1.29, 1.82) is 0 Å². The standard InChI is InChI=1S/C25H29F2N3O4/c1-34-16-6-13-28-24(32)22(29-23(31)18-7-2-4-9-20(18)26)17-11-14-30(15-12-17)25(33)19-8-3-5-10-21(19)27/h2-5,7-10,17,22H,6,11-16H2,1H3,(H,28,32)(H,29,31). The molecule has 1 heterocycles. The first-order valence-corrected chi connectivity index (χ1v) is 11.3. The molecular weight excluding hydrogens is 444 g/mol. The van der Waals surface area contributed by atoms with Gasteiger partial charge in [0.1, 0.15) is 17.7 Å². The maximum atomic E-state index is 14.1. The van der Waals surface area contributed by atoms with Crippen LogP contribution < -0.4 is 10.6 Å². The Morgan fingerprint density at radius 2 is 1.59 bits per heavy atom. The number of benzene rings is 2. The number of halogens is 2. The fraction of sp³-hybridized carbons (Fsp3) is 0.400. The lowest BCUT2D eigenvalue weighted by Crippen LogP contribution is -2.54. The molecule has 182 valence electrons. The molecule has 1 unspecified atom stereocenters. The van der Waals surface area contributed by atoms with Gasteiger partial charge in [0.15, 0.2) is 0 Å². The van der Waals surface area contributed by atoms with E-state index in [0.717, 1.165) is 0 Å². The number of ether oxygens (including phenoxy) is 1. The zero-order chi connectivity index (χ0) is 24.5. The lowest BCUT2D eigenvalue weighted by molar-refractivity contribution is -0.124. The maximum Gasteiger partial charge on any atom is 0.256 e. The van der Waals surface area contributed by atoms with E-state index in [1.807, 2.05) is 0 Å². The second kappa shape index (κ2) is 12.2. The van der Waals surface area contributed by atoms with E-state index in [2.05, 4.69) is 10.6 Å². The molecule has 1 aliphatic rings. The van der Waals surface area contributed by atoms with Gasteiger partial charge < -0.3 is 20.3 Å². The number of likely N-dealkylation sites (tertiary alicyclic amines) is 1. The Bertz CT molecular complexity index is 1010. The van der Waals surface area contributed by atoms with Crippen LogP contribution in [-0.2, 0) is 9.53 Å². The van der Waals surface area contributed by atoms with Gasteiger partial charge in [-0.25, -0.2) is 8.78 Å². The molecule has 0 saturated carbocycles. The van der Waals surface area contributed by atoms with Crippen molar-refractivity contribution in [1.82, 2.24) is 15.5 Å². The summed E-state index contributed by atoms with van der Waals surface area (Å²) in [7, 11) is 1.57. The van der Waals surface area contributed by atoms with Gasteiger partial charge in [-0.05, 0) is 49.4 Å². The van der Waals surface area contributed by atoms with Crippen LogP contribution in [-0.4, -0.2) is 62.0 Å².